The zero-order valence-electron chi connectivity index (χ0n) is 15.0. The van der Waals surface area contributed by atoms with Gasteiger partial charge in [0.2, 0.25) is 5.91 Å². The molecule has 2 heterocycles. The SMILES string of the molecule is Cc1nc(C)c(-c2nnc(SC(C)C(=O)NC(C)c3ccccc3)o2)s1. The second kappa shape index (κ2) is 8.01. The predicted molar refractivity (Wildman–Crippen MR) is 103 cm³/mol. The van der Waals surface area contributed by atoms with Crippen molar-refractivity contribution in [1.29, 1.82) is 0 Å². The smallest absolute Gasteiger partial charge is 0.277 e. The van der Waals surface area contributed by atoms with E-state index in [-0.39, 0.29) is 17.2 Å². The quantitative estimate of drug-likeness (QED) is 0.639. The van der Waals surface area contributed by atoms with Gasteiger partial charge < -0.3 is 9.73 Å². The Hall–Kier alpha value is -2.19. The molecule has 1 N–H and O–H groups in total. The molecule has 3 rings (SSSR count). The number of nitrogens with one attached hydrogen (secondary N) is 1. The maximum atomic E-state index is 12.4. The van der Waals surface area contributed by atoms with Crippen LogP contribution in [0.1, 0.15) is 36.2 Å². The molecule has 0 saturated heterocycles. The Labute approximate surface area is 160 Å². The fraction of sp³-hybridized carbons (Fsp3) is 0.333. The fourth-order valence-corrected chi connectivity index (χ4v) is 3.97. The van der Waals surface area contributed by atoms with Crippen LogP contribution >= 0.6 is 23.1 Å². The van der Waals surface area contributed by atoms with Gasteiger partial charge in [-0.15, -0.1) is 21.5 Å². The highest BCUT2D eigenvalue weighted by atomic mass is 32.2. The number of carbonyl (C=O) groups is 1. The highest BCUT2D eigenvalue weighted by molar-refractivity contribution is 8.00. The Morgan fingerprint density at radius 2 is 1.92 bits per heavy atom. The Kier molecular flexibility index (Phi) is 5.73. The number of hydrogen-bond donors (Lipinski definition) is 1. The molecule has 0 bridgehead atoms. The molecule has 0 saturated carbocycles. The van der Waals surface area contributed by atoms with Gasteiger partial charge in [0.05, 0.1) is 22.0 Å². The van der Waals surface area contributed by atoms with Crippen LogP contribution in [0.3, 0.4) is 0 Å². The molecular weight excluding hydrogens is 368 g/mol. The van der Waals surface area contributed by atoms with Crippen LogP contribution in [0.15, 0.2) is 40.0 Å². The number of carbonyl (C=O) groups excluding carboxylic acids is 1. The highest BCUT2D eigenvalue weighted by Gasteiger charge is 2.21. The lowest BCUT2D eigenvalue weighted by Gasteiger charge is -2.16. The van der Waals surface area contributed by atoms with Crippen molar-refractivity contribution in [2.24, 2.45) is 0 Å². The standard InChI is InChI=1S/C18H20N4O2S2/c1-10(14-8-6-5-7-9-14)20-16(23)12(3)25-18-22-21-17(24-18)15-11(2)19-13(4)26-15/h5-10,12H,1-4H3,(H,20,23). The molecule has 8 heteroatoms. The monoisotopic (exact) mass is 388 g/mol. The first-order valence-corrected chi connectivity index (χ1v) is 9.93. The van der Waals surface area contributed by atoms with E-state index in [0.29, 0.717) is 11.1 Å². The van der Waals surface area contributed by atoms with Gasteiger partial charge in [-0.1, -0.05) is 42.1 Å². The molecule has 3 aromatic rings. The lowest BCUT2D eigenvalue weighted by atomic mass is 10.1. The minimum absolute atomic E-state index is 0.0622. The molecule has 6 nitrogen and oxygen atoms in total. The van der Waals surface area contributed by atoms with Crippen molar-refractivity contribution in [3.05, 3.63) is 46.6 Å². The van der Waals surface area contributed by atoms with Crippen LogP contribution in [0.25, 0.3) is 10.8 Å². The van der Waals surface area contributed by atoms with Crippen LogP contribution in [0.2, 0.25) is 0 Å². The summed E-state index contributed by atoms with van der Waals surface area (Å²) in [6.07, 6.45) is 0. The van der Waals surface area contributed by atoms with Crippen LogP contribution in [0.4, 0.5) is 0 Å². The maximum absolute atomic E-state index is 12.4. The third-order valence-corrected chi connectivity index (χ3v) is 5.80. The van der Waals surface area contributed by atoms with E-state index in [1.54, 1.807) is 0 Å². The van der Waals surface area contributed by atoms with Gasteiger partial charge >= 0.3 is 0 Å². The van der Waals surface area contributed by atoms with Crippen molar-refractivity contribution < 1.29 is 9.21 Å². The lowest BCUT2D eigenvalue weighted by molar-refractivity contribution is -0.120. The van der Waals surface area contributed by atoms with Gasteiger partial charge in [0.25, 0.3) is 11.1 Å². The number of aromatic nitrogens is 3. The second-order valence-corrected chi connectivity index (χ2v) is 8.42. The van der Waals surface area contributed by atoms with E-state index in [1.807, 2.05) is 58.0 Å². The number of thiazole rings is 1. The summed E-state index contributed by atoms with van der Waals surface area (Å²) in [7, 11) is 0. The summed E-state index contributed by atoms with van der Waals surface area (Å²) in [4.78, 5) is 17.7. The first-order valence-electron chi connectivity index (χ1n) is 8.24. The molecule has 0 radical (unpaired) electrons. The lowest BCUT2D eigenvalue weighted by Crippen LogP contribution is -2.33. The largest absolute Gasteiger partial charge is 0.410 e. The maximum Gasteiger partial charge on any atom is 0.277 e. The van der Waals surface area contributed by atoms with E-state index in [1.165, 1.54) is 23.1 Å². The Morgan fingerprint density at radius 3 is 2.58 bits per heavy atom. The molecule has 1 amide bonds. The van der Waals surface area contributed by atoms with E-state index in [4.69, 9.17) is 4.42 Å². The van der Waals surface area contributed by atoms with Crippen LogP contribution in [0.5, 0.6) is 0 Å². The summed E-state index contributed by atoms with van der Waals surface area (Å²) in [5.41, 5.74) is 1.93. The number of thioether (sulfide) groups is 1. The normalized spacial score (nSPS) is 13.4. The Morgan fingerprint density at radius 1 is 1.19 bits per heavy atom. The van der Waals surface area contributed by atoms with Gasteiger partial charge in [0, 0.05) is 0 Å². The second-order valence-electron chi connectivity index (χ2n) is 5.92. The minimum atomic E-state index is -0.348. The van der Waals surface area contributed by atoms with Crippen molar-refractivity contribution >= 4 is 29.0 Å². The van der Waals surface area contributed by atoms with Crippen LogP contribution < -0.4 is 5.32 Å². The van der Waals surface area contributed by atoms with Gasteiger partial charge in [-0.05, 0) is 33.3 Å². The van der Waals surface area contributed by atoms with E-state index in [9.17, 15) is 4.79 Å². The van der Waals surface area contributed by atoms with Crippen LogP contribution in [0, 0.1) is 13.8 Å². The summed E-state index contributed by atoms with van der Waals surface area (Å²) < 4.78 is 5.71. The average Bonchev–Trinajstić information content (AvgIpc) is 3.21. The predicted octanol–water partition coefficient (Wildman–Crippen LogP) is 4.17. The summed E-state index contributed by atoms with van der Waals surface area (Å²) >= 11 is 2.77. The molecule has 2 atom stereocenters. The minimum Gasteiger partial charge on any atom is -0.410 e. The fourth-order valence-electron chi connectivity index (χ4n) is 2.44. The molecule has 1 aromatic carbocycles. The summed E-state index contributed by atoms with van der Waals surface area (Å²) in [6, 6.07) is 9.79. The van der Waals surface area contributed by atoms with Gasteiger partial charge in [-0.3, -0.25) is 4.79 Å². The van der Waals surface area contributed by atoms with Gasteiger partial charge in [0.15, 0.2) is 0 Å². The van der Waals surface area contributed by atoms with E-state index in [0.717, 1.165) is 21.1 Å². The number of hydrogen-bond acceptors (Lipinski definition) is 7. The third-order valence-electron chi connectivity index (χ3n) is 3.81. The molecule has 0 aliphatic rings. The molecular formula is C18H20N4O2S2. The zero-order chi connectivity index (χ0) is 18.7. The number of aryl methyl sites for hydroxylation is 2. The molecule has 0 aliphatic heterocycles. The van der Waals surface area contributed by atoms with Gasteiger partial charge in [0.1, 0.15) is 4.88 Å². The third kappa shape index (κ3) is 4.31. The number of rotatable bonds is 6. The van der Waals surface area contributed by atoms with Crippen molar-refractivity contribution in [2.75, 3.05) is 0 Å². The average molecular weight is 389 g/mol. The highest BCUT2D eigenvalue weighted by Crippen LogP contribution is 2.31. The number of benzene rings is 1. The van der Waals surface area contributed by atoms with Crippen molar-refractivity contribution in [3.8, 4) is 10.8 Å². The number of nitrogens with zero attached hydrogens (tertiary/aromatic N) is 3. The van der Waals surface area contributed by atoms with E-state index < -0.39 is 0 Å². The first kappa shape index (κ1) is 18.6. The summed E-state index contributed by atoms with van der Waals surface area (Å²) in [6.45, 7) is 7.64. The zero-order valence-corrected chi connectivity index (χ0v) is 16.6. The van der Waals surface area contributed by atoms with Crippen molar-refractivity contribution in [1.82, 2.24) is 20.5 Å². The molecule has 0 spiro atoms. The van der Waals surface area contributed by atoms with Gasteiger partial charge in [-0.25, -0.2) is 4.98 Å². The van der Waals surface area contributed by atoms with E-state index in [2.05, 4.69) is 20.5 Å². The Bertz CT molecular complexity index is 892. The van der Waals surface area contributed by atoms with Gasteiger partial charge in [-0.2, -0.15) is 0 Å². The molecule has 2 aromatic heterocycles. The summed E-state index contributed by atoms with van der Waals surface area (Å²) in [5, 5.41) is 12.1. The van der Waals surface area contributed by atoms with E-state index >= 15 is 0 Å². The number of amides is 1. The van der Waals surface area contributed by atoms with Crippen LogP contribution in [-0.4, -0.2) is 26.3 Å². The Balaban J connectivity index is 1.62. The van der Waals surface area contributed by atoms with Crippen molar-refractivity contribution in [2.45, 2.75) is 44.2 Å². The molecule has 2 unspecified atom stereocenters. The molecule has 26 heavy (non-hydrogen) atoms. The summed E-state index contributed by atoms with van der Waals surface area (Å²) in [5.74, 6) is 0.372. The molecule has 136 valence electrons. The first-order chi connectivity index (χ1) is 12.4. The molecule has 0 aliphatic carbocycles. The molecule has 0 fully saturated rings. The van der Waals surface area contributed by atoms with Crippen LogP contribution in [-0.2, 0) is 4.79 Å². The topological polar surface area (TPSA) is 80.9 Å². The van der Waals surface area contributed by atoms with Crippen molar-refractivity contribution in [3.63, 3.8) is 0 Å².